The van der Waals surface area contributed by atoms with Crippen LogP contribution >= 0.6 is 0 Å². The lowest BCUT2D eigenvalue weighted by atomic mass is 9.80. The first kappa shape index (κ1) is 33.2. The van der Waals surface area contributed by atoms with E-state index in [1.807, 2.05) is 78.9 Å². The van der Waals surface area contributed by atoms with Crippen LogP contribution in [0.3, 0.4) is 0 Å². The Morgan fingerprint density at radius 2 is 1.47 bits per heavy atom. The Hall–Kier alpha value is -5.20. The molecule has 1 fully saturated rings. The lowest BCUT2D eigenvalue weighted by Crippen LogP contribution is -2.39. The molecule has 2 heterocycles. The summed E-state index contributed by atoms with van der Waals surface area (Å²) in [6.07, 6.45) is -1.98. The molecule has 1 aromatic heterocycles. The lowest BCUT2D eigenvalue weighted by molar-refractivity contribution is -0.157. The molecule has 5 rings (SSSR count). The van der Waals surface area contributed by atoms with Gasteiger partial charge in [-0.25, -0.2) is 4.79 Å². The van der Waals surface area contributed by atoms with Crippen LogP contribution in [0.15, 0.2) is 94.6 Å². The van der Waals surface area contributed by atoms with Crippen molar-refractivity contribution in [3.63, 3.8) is 0 Å². The largest absolute Gasteiger partial charge is 0.497 e. The number of methoxy groups -OCH3 is 2. The standard InChI is InChI=1S/C35H36N2O10/c1-22-20-37(34(42)36-33(22)41)30-19-28(47-32(40)18-17-31(38)39)29(46-30)21-45-35(23-7-5-4-6-8-23,24-9-13-26(43-2)14-10-24)25-11-15-27(44-3)16-12-25/h4-16,20,28-30H,17-19,21H2,1-3H3,(H,38,39)(H,36,41,42)/t28-,29-,30-/m1/s1. The van der Waals surface area contributed by atoms with E-state index in [1.165, 1.54) is 10.8 Å². The van der Waals surface area contributed by atoms with Gasteiger partial charge in [0.1, 0.15) is 35.5 Å². The number of hydrogen-bond donors (Lipinski definition) is 2. The average molecular weight is 645 g/mol. The van der Waals surface area contributed by atoms with Crippen molar-refractivity contribution in [1.29, 1.82) is 0 Å². The molecule has 2 N–H and O–H groups in total. The number of carboxylic acids is 1. The van der Waals surface area contributed by atoms with Gasteiger partial charge in [0.2, 0.25) is 0 Å². The van der Waals surface area contributed by atoms with Gasteiger partial charge in [0.25, 0.3) is 5.56 Å². The van der Waals surface area contributed by atoms with E-state index >= 15 is 0 Å². The van der Waals surface area contributed by atoms with Crippen molar-refractivity contribution < 1.29 is 38.4 Å². The molecule has 1 aliphatic heterocycles. The Kier molecular flexibility index (Phi) is 10.2. The highest BCUT2D eigenvalue weighted by molar-refractivity contribution is 5.76. The third-order valence-electron chi connectivity index (χ3n) is 8.10. The van der Waals surface area contributed by atoms with E-state index in [2.05, 4.69) is 4.98 Å². The number of carbonyl (C=O) groups is 2. The maximum atomic E-state index is 12.8. The molecule has 0 bridgehead atoms. The summed E-state index contributed by atoms with van der Waals surface area (Å²) in [6.45, 7) is 1.45. The van der Waals surface area contributed by atoms with E-state index in [0.717, 1.165) is 16.7 Å². The fourth-order valence-electron chi connectivity index (χ4n) is 5.66. The molecule has 47 heavy (non-hydrogen) atoms. The van der Waals surface area contributed by atoms with Crippen LogP contribution in [0.2, 0.25) is 0 Å². The Morgan fingerprint density at radius 1 is 0.894 bits per heavy atom. The van der Waals surface area contributed by atoms with Gasteiger partial charge < -0.3 is 28.8 Å². The molecule has 3 aromatic carbocycles. The van der Waals surface area contributed by atoms with E-state index < -0.39 is 53.6 Å². The molecule has 3 atom stereocenters. The fraction of sp³-hybridized carbons (Fsp3) is 0.314. The predicted octanol–water partition coefficient (Wildman–Crippen LogP) is 3.94. The summed E-state index contributed by atoms with van der Waals surface area (Å²) < 4.78 is 31.1. The summed E-state index contributed by atoms with van der Waals surface area (Å²) in [7, 11) is 3.17. The van der Waals surface area contributed by atoms with Crippen LogP contribution in [0.4, 0.5) is 0 Å². The quantitative estimate of drug-likeness (QED) is 0.162. The maximum Gasteiger partial charge on any atom is 0.330 e. The summed E-state index contributed by atoms with van der Waals surface area (Å²) in [6, 6.07) is 24.5. The van der Waals surface area contributed by atoms with Gasteiger partial charge in [0, 0.05) is 18.2 Å². The third-order valence-corrected chi connectivity index (χ3v) is 8.10. The van der Waals surface area contributed by atoms with E-state index in [0.29, 0.717) is 17.1 Å². The second-order valence-corrected chi connectivity index (χ2v) is 11.1. The van der Waals surface area contributed by atoms with Gasteiger partial charge in [-0.05, 0) is 47.9 Å². The Morgan fingerprint density at radius 3 is 2.02 bits per heavy atom. The van der Waals surface area contributed by atoms with Gasteiger partial charge in [-0.15, -0.1) is 0 Å². The molecule has 1 aliphatic rings. The SMILES string of the molecule is COc1ccc(C(OC[C@H]2O[C@@H](n3cc(C)c(=O)[nH]c3=O)C[C@H]2OC(=O)CCC(=O)O)(c2ccccc2)c2ccc(OC)cc2)cc1. The minimum absolute atomic E-state index is 0.0572. The van der Waals surface area contributed by atoms with Crippen LogP contribution in [-0.4, -0.2) is 59.6 Å². The molecule has 0 radical (unpaired) electrons. The monoisotopic (exact) mass is 644 g/mol. The van der Waals surface area contributed by atoms with Gasteiger partial charge >= 0.3 is 17.6 Å². The van der Waals surface area contributed by atoms with Crippen molar-refractivity contribution in [2.45, 2.75) is 50.2 Å². The number of hydrogen-bond acceptors (Lipinski definition) is 9. The number of rotatable bonds is 13. The number of aliphatic carboxylic acids is 1. The number of nitrogens with one attached hydrogen (secondary N) is 1. The second-order valence-electron chi connectivity index (χ2n) is 11.1. The number of aromatic amines is 1. The summed E-state index contributed by atoms with van der Waals surface area (Å²) in [5.74, 6) is -0.551. The van der Waals surface area contributed by atoms with Crippen LogP contribution in [0.1, 0.15) is 47.7 Å². The summed E-state index contributed by atoms with van der Waals surface area (Å²) >= 11 is 0. The van der Waals surface area contributed by atoms with Gasteiger partial charge in [0.05, 0.1) is 33.7 Å². The minimum Gasteiger partial charge on any atom is -0.497 e. The smallest absolute Gasteiger partial charge is 0.330 e. The maximum absolute atomic E-state index is 12.8. The molecule has 246 valence electrons. The molecule has 0 amide bonds. The van der Waals surface area contributed by atoms with Crippen LogP contribution in [0.25, 0.3) is 0 Å². The molecule has 4 aromatic rings. The number of benzene rings is 3. The van der Waals surface area contributed by atoms with E-state index in [9.17, 15) is 19.2 Å². The minimum atomic E-state index is -1.20. The highest BCUT2D eigenvalue weighted by Crippen LogP contribution is 2.43. The highest BCUT2D eigenvalue weighted by Gasteiger charge is 2.44. The molecule has 0 unspecified atom stereocenters. The molecule has 1 saturated heterocycles. The van der Waals surface area contributed by atoms with E-state index in [4.69, 9.17) is 28.8 Å². The van der Waals surface area contributed by atoms with Crippen LogP contribution in [0, 0.1) is 6.92 Å². The molecular weight excluding hydrogens is 608 g/mol. The van der Waals surface area contributed by atoms with Crippen molar-refractivity contribution in [3.8, 4) is 11.5 Å². The van der Waals surface area contributed by atoms with Crippen LogP contribution < -0.4 is 20.7 Å². The first-order valence-electron chi connectivity index (χ1n) is 15.0. The Balaban J connectivity index is 1.56. The molecule has 0 aliphatic carbocycles. The number of esters is 1. The first-order valence-corrected chi connectivity index (χ1v) is 15.0. The topological polar surface area (TPSA) is 155 Å². The highest BCUT2D eigenvalue weighted by atomic mass is 16.6. The number of ether oxygens (including phenoxy) is 5. The van der Waals surface area contributed by atoms with Crippen molar-refractivity contribution in [2.24, 2.45) is 0 Å². The number of carbonyl (C=O) groups excluding carboxylic acids is 1. The zero-order valence-corrected chi connectivity index (χ0v) is 26.2. The fourth-order valence-corrected chi connectivity index (χ4v) is 5.66. The molecule has 12 heteroatoms. The lowest BCUT2D eigenvalue weighted by Gasteiger charge is -2.37. The van der Waals surface area contributed by atoms with Crippen molar-refractivity contribution in [1.82, 2.24) is 9.55 Å². The number of carboxylic acid groups (broad SMARTS) is 1. The van der Waals surface area contributed by atoms with Gasteiger partial charge in [0.15, 0.2) is 0 Å². The van der Waals surface area contributed by atoms with Crippen molar-refractivity contribution in [3.05, 3.63) is 128 Å². The van der Waals surface area contributed by atoms with E-state index in [-0.39, 0.29) is 19.4 Å². The van der Waals surface area contributed by atoms with Crippen LogP contribution in [0.5, 0.6) is 11.5 Å². The van der Waals surface area contributed by atoms with Crippen molar-refractivity contribution >= 4 is 11.9 Å². The van der Waals surface area contributed by atoms with Gasteiger partial charge in [-0.3, -0.25) is 23.9 Å². The number of aryl methyl sites for hydroxylation is 1. The number of H-pyrrole nitrogens is 1. The summed E-state index contributed by atoms with van der Waals surface area (Å²) in [4.78, 5) is 50.9. The predicted molar refractivity (Wildman–Crippen MR) is 170 cm³/mol. The average Bonchev–Trinajstić information content (AvgIpc) is 3.48. The van der Waals surface area contributed by atoms with Crippen LogP contribution in [-0.2, 0) is 29.4 Å². The first-order chi connectivity index (χ1) is 22.6. The second kappa shape index (κ2) is 14.5. The van der Waals surface area contributed by atoms with Gasteiger partial charge in [-0.1, -0.05) is 54.6 Å². The third kappa shape index (κ3) is 7.29. The van der Waals surface area contributed by atoms with Gasteiger partial charge in [-0.2, -0.15) is 0 Å². The molecule has 12 nitrogen and oxygen atoms in total. The summed E-state index contributed by atoms with van der Waals surface area (Å²) in [5, 5.41) is 9.07. The molecule has 0 saturated carbocycles. The molecule has 0 spiro atoms. The number of nitrogens with zero attached hydrogens (tertiary/aromatic N) is 1. The number of aromatic nitrogens is 2. The Bertz CT molecular complexity index is 1750. The zero-order valence-electron chi connectivity index (χ0n) is 26.2. The summed E-state index contributed by atoms with van der Waals surface area (Å²) in [5.41, 5.74) is 0.228. The van der Waals surface area contributed by atoms with Crippen molar-refractivity contribution in [2.75, 3.05) is 20.8 Å². The zero-order chi connectivity index (χ0) is 33.6. The molecular formula is C35H36N2O10. The Labute approximate surface area is 270 Å². The normalized spacial score (nSPS) is 17.6. The van der Waals surface area contributed by atoms with E-state index in [1.54, 1.807) is 21.1 Å².